The fourth-order valence-electron chi connectivity index (χ4n) is 2.58. The molecule has 7 heteroatoms. The zero-order valence-corrected chi connectivity index (χ0v) is 13.5. The first-order chi connectivity index (χ1) is 11.5. The van der Waals surface area contributed by atoms with Gasteiger partial charge in [0.2, 0.25) is 0 Å². The van der Waals surface area contributed by atoms with Gasteiger partial charge in [0, 0.05) is 11.3 Å². The van der Waals surface area contributed by atoms with Crippen molar-refractivity contribution in [2.45, 2.75) is 6.92 Å². The topological polar surface area (TPSA) is 99.3 Å². The summed E-state index contributed by atoms with van der Waals surface area (Å²) in [6.45, 7) is 1.82. The van der Waals surface area contributed by atoms with E-state index in [0.29, 0.717) is 33.8 Å². The van der Waals surface area contributed by atoms with Crippen molar-refractivity contribution in [2.24, 2.45) is 0 Å². The predicted octanol–water partition coefficient (Wildman–Crippen LogP) is 1.93. The molecule has 0 spiro atoms. The Balaban J connectivity index is 2.17. The molecule has 0 amide bonds. The molecule has 1 aromatic heterocycles. The second kappa shape index (κ2) is 5.77. The van der Waals surface area contributed by atoms with Crippen molar-refractivity contribution in [2.75, 3.05) is 20.0 Å². The lowest BCUT2D eigenvalue weighted by molar-refractivity contribution is 0.0960. The number of nitrogens with one attached hydrogen (secondary N) is 1. The molecular formula is C17H17N3O4. The van der Waals surface area contributed by atoms with E-state index >= 15 is 0 Å². The standard InChI is InChI=1S/C17H17N3O4/c1-9-6-13-12(8-11(9)18)19-17(22)20(13)16(21)10-4-5-14(23-2)15(7-10)24-3/h4-8H,18H2,1-3H3,(H,19,22). The number of anilines is 1. The van der Waals surface area contributed by atoms with E-state index in [-0.39, 0.29) is 0 Å². The van der Waals surface area contributed by atoms with Gasteiger partial charge in [-0.3, -0.25) is 4.79 Å². The maximum Gasteiger partial charge on any atom is 0.333 e. The number of methoxy groups -OCH3 is 2. The third kappa shape index (κ3) is 2.40. The highest BCUT2D eigenvalue weighted by Crippen LogP contribution is 2.28. The van der Waals surface area contributed by atoms with E-state index in [1.807, 2.05) is 6.92 Å². The molecule has 3 N–H and O–H groups in total. The van der Waals surface area contributed by atoms with Gasteiger partial charge >= 0.3 is 5.69 Å². The molecule has 1 heterocycles. The van der Waals surface area contributed by atoms with Gasteiger partial charge in [0.15, 0.2) is 11.5 Å². The summed E-state index contributed by atoms with van der Waals surface area (Å²) in [5.41, 5.74) is 7.97. The number of nitrogens with two attached hydrogens (primary N) is 1. The number of imidazole rings is 1. The van der Waals surface area contributed by atoms with Crippen LogP contribution in [0.4, 0.5) is 5.69 Å². The summed E-state index contributed by atoms with van der Waals surface area (Å²) in [6, 6.07) is 8.09. The smallest absolute Gasteiger partial charge is 0.333 e. The molecule has 0 bridgehead atoms. The Morgan fingerprint density at radius 1 is 1.12 bits per heavy atom. The number of fused-ring (bicyclic) bond motifs is 1. The molecule has 24 heavy (non-hydrogen) atoms. The first kappa shape index (κ1) is 15.7. The van der Waals surface area contributed by atoms with Crippen LogP contribution in [0.1, 0.15) is 15.9 Å². The van der Waals surface area contributed by atoms with E-state index in [1.165, 1.54) is 20.3 Å². The van der Waals surface area contributed by atoms with E-state index < -0.39 is 11.6 Å². The summed E-state index contributed by atoms with van der Waals surface area (Å²) in [4.78, 5) is 27.7. The molecule has 0 unspecified atom stereocenters. The third-order valence-corrected chi connectivity index (χ3v) is 3.90. The Kier molecular flexibility index (Phi) is 3.76. The number of nitrogen functional groups attached to an aromatic ring is 1. The first-order valence-corrected chi connectivity index (χ1v) is 7.24. The van der Waals surface area contributed by atoms with Gasteiger partial charge in [-0.2, -0.15) is 0 Å². The second-order valence-corrected chi connectivity index (χ2v) is 5.37. The van der Waals surface area contributed by atoms with Gasteiger partial charge in [0.1, 0.15) is 0 Å². The van der Waals surface area contributed by atoms with Gasteiger partial charge in [0.05, 0.1) is 25.3 Å². The summed E-state index contributed by atoms with van der Waals surface area (Å²) in [5, 5.41) is 0. The fourth-order valence-corrected chi connectivity index (χ4v) is 2.58. The summed E-state index contributed by atoms with van der Waals surface area (Å²) in [7, 11) is 2.99. The number of carbonyl (C=O) groups is 1. The van der Waals surface area contributed by atoms with E-state index in [9.17, 15) is 9.59 Å². The van der Waals surface area contributed by atoms with Crippen LogP contribution in [0, 0.1) is 6.92 Å². The van der Waals surface area contributed by atoms with Crippen molar-refractivity contribution in [1.29, 1.82) is 0 Å². The Hall–Kier alpha value is -3.22. The first-order valence-electron chi connectivity index (χ1n) is 7.24. The number of nitrogens with zero attached hydrogens (tertiary/aromatic N) is 1. The number of aromatic amines is 1. The molecule has 0 fully saturated rings. The van der Waals surface area contributed by atoms with Gasteiger partial charge in [-0.25, -0.2) is 9.36 Å². The van der Waals surface area contributed by atoms with Crippen molar-refractivity contribution in [3.63, 3.8) is 0 Å². The van der Waals surface area contributed by atoms with Crippen LogP contribution in [0.5, 0.6) is 11.5 Å². The van der Waals surface area contributed by atoms with Crippen LogP contribution in [-0.4, -0.2) is 29.7 Å². The lowest BCUT2D eigenvalue weighted by Gasteiger charge is -2.09. The molecule has 0 aliphatic carbocycles. The highest BCUT2D eigenvalue weighted by molar-refractivity contribution is 6.02. The summed E-state index contributed by atoms with van der Waals surface area (Å²) >= 11 is 0. The number of aromatic nitrogens is 2. The van der Waals surface area contributed by atoms with Crippen molar-refractivity contribution in [1.82, 2.24) is 9.55 Å². The van der Waals surface area contributed by atoms with Crippen molar-refractivity contribution in [3.8, 4) is 11.5 Å². The Bertz CT molecular complexity index is 1000. The highest BCUT2D eigenvalue weighted by Gasteiger charge is 2.18. The van der Waals surface area contributed by atoms with Crippen LogP contribution >= 0.6 is 0 Å². The SMILES string of the molecule is COc1ccc(C(=O)n2c(=O)[nH]c3cc(N)c(C)cc32)cc1OC. The zero-order valence-electron chi connectivity index (χ0n) is 13.5. The fraction of sp³-hybridized carbons (Fsp3) is 0.176. The third-order valence-electron chi connectivity index (χ3n) is 3.90. The molecule has 0 saturated heterocycles. The summed E-state index contributed by atoms with van der Waals surface area (Å²) < 4.78 is 11.5. The van der Waals surface area contributed by atoms with Crippen LogP contribution in [0.25, 0.3) is 11.0 Å². The van der Waals surface area contributed by atoms with E-state index in [0.717, 1.165) is 10.1 Å². The van der Waals surface area contributed by atoms with Crippen LogP contribution < -0.4 is 20.9 Å². The Labute approximate surface area is 137 Å². The number of benzene rings is 2. The highest BCUT2D eigenvalue weighted by atomic mass is 16.5. The van der Waals surface area contributed by atoms with Gasteiger partial charge < -0.3 is 20.2 Å². The molecule has 0 atom stereocenters. The average Bonchev–Trinajstić information content (AvgIpc) is 2.88. The molecule has 7 nitrogen and oxygen atoms in total. The molecule has 2 aromatic carbocycles. The summed E-state index contributed by atoms with van der Waals surface area (Å²) in [6.07, 6.45) is 0. The maximum atomic E-state index is 12.8. The monoisotopic (exact) mass is 327 g/mol. The lowest BCUT2D eigenvalue weighted by atomic mass is 10.1. The van der Waals surface area contributed by atoms with Crippen LogP contribution in [0.15, 0.2) is 35.1 Å². The number of hydrogen-bond acceptors (Lipinski definition) is 5. The van der Waals surface area contributed by atoms with Crippen LogP contribution in [0.2, 0.25) is 0 Å². The van der Waals surface area contributed by atoms with Crippen LogP contribution in [0.3, 0.4) is 0 Å². The number of hydrogen-bond donors (Lipinski definition) is 2. The molecular weight excluding hydrogens is 310 g/mol. The maximum absolute atomic E-state index is 12.8. The van der Waals surface area contributed by atoms with Gasteiger partial charge in [0.25, 0.3) is 5.91 Å². The zero-order chi connectivity index (χ0) is 17.4. The molecule has 0 aliphatic heterocycles. The molecule has 0 aliphatic rings. The van der Waals surface area contributed by atoms with Crippen molar-refractivity contribution >= 4 is 22.6 Å². The minimum atomic E-state index is -0.519. The number of ether oxygens (including phenoxy) is 2. The van der Waals surface area contributed by atoms with E-state index in [2.05, 4.69) is 4.98 Å². The summed E-state index contributed by atoms with van der Waals surface area (Å²) in [5.74, 6) is 0.456. The normalized spacial score (nSPS) is 10.8. The average molecular weight is 327 g/mol. The lowest BCUT2D eigenvalue weighted by Crippen LogP contribution is -2.24. The molecule has 124 valence electrons. The van der Waals surface area contributed by atoms with E-state index in [4.69, 9.17) is 15.2 Å². The predicted molar refractivity (Wildman–Crippen MR) is 91.0 cm³/mol. The number of H-pyrrole nitrogens is 1. The number of aryl methyl sites for hydroxylation is 1. The number of rotatable bonds is 3. The van der Waals surface area contributed by atoms with Crippen molar-refractivity contribution < 1.29 is 14.3 Å². The van der Waals surface area contributed by atoms with Crippen molar-refractivity contribution in [3.05, 3.63) is 51.9 Å². The second-order valence-electron chi connectivity index (χ2n) is 5.37. The minimum Gasteiger partial charge on any atom is -0.493 e. The molecule has 0 radical (unpaired) electrons. The Morgan fingerprint density at radius 3 is 2.50 bits per heavy atom. The minimum absolute atomic E-state index is 0.310. The van der Waals surface area contributed by atoms with E-state index in [1.54, 1.807) is 24.3 Å². The van der Waals surface area contributed by atoms with Crippen LogP contribution in [-0.2, 0) is 0 Å². The number of carbonyl (C=O) groups excluding carboxylic acids is 1. The molecule has 3 aromatic rings. The molecule has 3 rings (SSSR count). The molecule has 0 saturated carbocycles. The van der Waals surface area contributed by atoms with Gasteiger partial charge in [-0.15, -0.1) is 0 Å². The largest absolute Gasteiger partial charge is 0.493 e. The Morgan fingerprint density at radius 2 is 1.83 bits per heavy atom. The van der Waals surface area contributed by atoms with Gasteiger partial charge in [-0.1, -0.05) is 0 Å². The van der Waals surface area contributed by atoms with Gasteiger partial charge in [-0.05, 0) is 42.8 Å². The quantitative estimate of drug-likeness (QED) is 0.716.